The van der Waals surface area contributed by atoms with Crippen molar-refractivity contribution < 1.29 is 9.53 Å². The number of rotatable bonds is 5. The first-order chi connectivity index (χ1) is 9.93. The summed E-state index contributed by atoms with van der Waals surface area (Å²) in [5.74, 6) is 1.14. The van der Waals surface area contributed by atoms with Crippen molar-refractivity contribution in [1.29, 1.82) is 0 Å². The smallest absolute Gasteiger partial charge is 0.242 e. The first-order valence-electron chi connectivity index (χ1n) is 7.00. The predicted octanol–water partition coefficient (Wildman–Crippen LogP) is 3.04. The Bertz CT molecular complexity index is 702. The van der Waals surface area contributed by atoms with E-state index in [1.54, 1.807) is 7.11 Å². The number of fused-ring (bicyclic) bond motifs is 1. The SMILES string of the molecule is COc1ccc2c(c1)[nH]c(=S)n2C(C)C(=O)NCC(C)C. The number of methoxy groups -OCH3 is 1. The number of benzene rings is 1. The Morgan fingerprint density at radius 1 is 1.43 bits per heavy atom. The predicted molar refractivity (Wildman–Crippen MR) is 86.2 cm³/mol. The highest BCUT2D eigenvalue weighted by Gasteiger charge is 2.18. The number of nitrogens with one attached hydrogen (secondary N) is 2. The molecule has 1 aromatic carbocycles. The zero-order chi connectivity index (χ0) is 15.6. The third-order valence-electron chi connectivity index (χ3n) is 3.37. The zero-order valence-electron chi connectivity index (χ0n) is 12.8. The molecule has 1 aromatic heterocycles. The molecule has 5 nitrogen and oxygen atoms in total. The second-order valence-electron chi connectivity index (χ2n) is 5.50. The van der Waals surface area contributed by atoms with Gasteiger partial charge in [-0.25, -0.2) is 0 Å². The standard InChI is InChI=1S/C15H21N3O2S/c1-9(2)8-16-14(19)10(3)18-13-6-5-11(20-4)7-12(13)17-15(18)21/h5-7,9-10H,8H2,1-4H3,(H,16,19)(H,17,21). The van der Waals surface area contributed by atoms with Gasteiger partial charge in [0.1, 0.15) is 11.8 Å². The molecule has 1 unspecified atom stereocenters. The lowest BCUT2D eigenvalue weighted by atomic mass is 10.2. The number of aromatic nitrogens is 2. The maximum absolute atomic E-state index is 12.2. The van der Waals surface area contributed by atoms with Crippen molar-refractivity contribution in [2.45, 2.75) is 26.8 Å². The number of carbonyl (C=O) groups is 1. The molecule has 21 heavy (non-hydrogen) atoms. The molecule has 1 amide bonds. The molecule has 1 heterocycles. The molecule has 0 saturated carbocycles. The van der Waals surface area contributed by atoms with Crippen LogP contribution in [0.3, 0.4) is 0 Å². The number of H-pyrrole nitrogens is 1. The monoisotopic (exact) mass is 307 g/mol. The summed E-state index contributed by atoms with van der Waals surface area (Å²) in [5.41, 5.74) is 1.76. The summed E-state index contributed by atoms with van der Waals surface area (Å²) in [6, 6.07) is 5.28. The van der Waals surface area contributed by atoms with E-state index in [1.165, 1.54) is 0 Å². The summed E-state index contributed by atoms with van der Waals surface area (Å²) < 4.78 is 7.57. The molecule has 0 radical (unpaired) electrons. The maximum Gasteiger partial charge on any atom is 0.242 e. The fraction of sp³-hybridized carbons (Fsp3) is 0.467. The van der Waals surface area contributed by atoms with E-state index >= 15 is 0 Å². The van der Waals surface area contributed by atoms with Crippen molar-refractivity contribution in [3.63, 3.8) is 0 Å². The van der Waals surface area contributed by atoms with E-state index in [0.717, 1.165) is 16.8 Å². The van der Waals surface area contributed by atoms with Crippen molar-refractivity contribution in [2.24, 2.45) is 5.92 Å². The molecule has 114 valence electrons. The summed E-state index contributed by atoms with van der Waals surface area (Å²) in [5, 5.41) is 2.94. The third kappa shape index (κ3) is 3.26. The van der Waals surface area contributed by atoms with E-state index in [-0.39, 0.29) is 11.9 Å². The molecule has 0 fully saturated rings. The molecule has 0 aliphatic rings. The van der Waals surface area contributed by atoms with Crippen LogP contribution in [0.1, 0.15) is 26.8 Å². The highest BCUT2D eigenvalue weighted by molar-refractivity contribution is 7.71. The Hall–Kier alpha value is -1.82. The lowest BCUT2D eigenvalue weighted by Crippen LogP contribution is -2.33. The number of nitrogens with zero attached hydrogens (tertiary/aromatic N) is 1. The molecule has 2 aromatic rings. The normalized spacial score (nSPS) is 12.6. The van der Waals surface area contributed by atoms with Crippen molar-refractivity contribution in [3.05, 3.63) is 23.0 Å². The Morgan fingerprint density at radius 3 is 2.76 bits per heavy atom. The number of amides is 1. The Morgan fingerprint density at radius 2 is 2.14 bits per heavy atom. The van der Waals surface area contributed by atoms with Crippen LogP contribution in [0, 0.1) is 10.7 Å². The number of imidazole rings is 1. The number of carbonyl (C=O) groups excluding carboxylic acids is 1. The molecule has 2 N–H and O–H groups in total. The van der Waals surface area contributed by atoms with Crippen LogP contribution < -0.4 is 10.1 Å². The van der Waals surface area contributed by atoms with Gasteiger partial charge in [0.2, 0.25) is 5.91 Å². The fourth-order valence-corrected chi connectivity index (χ4v) is 2.56. The van der Waals surface area contributed by atoms with E-state index in [9.17, 15) is 4.79 Å². The van der Waals surface area contributed by atoms with Gasteiger partial charge in [0, 0.05) is 12.6 Å². The minimum absolute atomic E-state index is 0.0310. The van der Waals surface area contributed by atoms with E-state index in [0.29, 0.717) is 17.2 Å². The van der Waals surface area contributed by atoms with Crippen LogP contribution in [0.25, 0.3) is 11.0 Å². The highest BCUT2D eigenvalue weighted by atomic mass is 32.1. The highest BCUT2D eigenvalue weighted by Crippen LogP contribution is 2.23. The first kappa shape index (κ1) is 15.6. The quantitative estimate of drug-likeness (QED) is 0.835. The maximum atomic E-state index is 12.2. The van der Waals surface area contributed by atoms with Gasteiger partial charge in [-0.2, -0.15) is 0 Å². The van der Waals surface area contributed by atoms with Gasteiger partial charge in [-0.1, -0.05) is 13.8 Å². The van der Waals surface area contributed by atoms with Crippen molar-refractivity contribution >= 4 is 29.2 Å². The number of ether oxygens (including phenoxy) is 1. The zero-order valence-corrected chi connectivity index (χ0v) is 13.6. The number of hydrogen-bond donors (Lipinski definition) is 2. The van der Waals surface area contributed by atoms with Gasteiger partial charge in [-0.3, -0.25) is 4.79 Å². The van der Waals surface area contributed by atoms with Gasteiger partial charge >= 0.3 is 0 Å². The van der Waals surface area contributed by atoms with Gasteiger partial charge in [-0.05, 0) is 37.2 Å². The summed E-state index contributed by atoms with van der Waals surface area (Å²) in [7, 11) is 1.62. The number of hydrogen-bond acceptors (Lipinski definition) is 3. The van der Waals surface area contributed by atoms with Gasteiger partial charge in [0.25, 0.3) is 0 Å². The lowest BCUT2D eigenvalue weighted by Gasteiger charge is -2.16. The second-order valence-corrected chi connectivity index (χ2v) is 5.88. The van der Waals surface area contributed by atoms with Gasteiger partial charge < -0.3 is 19.6 Å². The van der Waals surface area contributed by atoms with Crippen LogP contribution in [-0.4, -0.2) is 29.1 Å². The molecule has 1 atom stereocenters. The van der Waals surface area contributed by atoms with Crippen molar-refractivity contribution in [2.75, 3.05) is 13.7 Å². The number of aromatic amines is 1. The average Bonchev–Trinajstić information content (AvgIpc) is 2.78. The van der Waals surface area contributed by atoms with E-state index < -0.39 is 0 Å². The molecular weight excluding hydrogens is 286 g/mol. The molecular formula is C15H21N3O2S. The van der Waals surface area contributed by atoms with E-state index in [4.69, 9.17) is 17.0 Å². The van der Waals surface area contributed by atoms with Crippen molar-refractivity contribution in [1.82, 2.24) is 14.9 Å². The Kier molecular flexibility index (Phi) is 4.67. The van der Waals surface area contributed by atoms with Gasteiger partial charge in [-0.15, -0.1) is 0 Å². The molecule has 0 aliphatic carbocycles. The van der Waals surface area contributed by atoms with Crippen LogP contribution in [0.4, 0.5) is 0 Å². The Labute approximate surface area is 129 Å². The summed E-state index contributed by atoms with van der Waals surface area (Å²) in [4.78, 5) is 15.4. The second kappa shape index (κ2) is 6.30. The summed E-state index contributed by atoms with van der Waals surface area (Å²) >= 11 is 5.35. The molecule has 0 saturated heterocycles. The minimum Gasteiger partial charge on any atom is -0.497 e. The summed E-state index contributed by atoms with van der Waals surface area (Å²) in [6.45, 7) is 6.64. The van der Waals surface area contributed by atoms with E-state index in [1.807, 2.05) is 29.7 Å². The van der Waals surface area contributed by atoms with Crippen LogP contribution in [-0.2, 0) is 4.79 Å². The van der Waals surface area contributed by atoms with Crippen LogP contribution in [0.15, 0.2) is 18.2 Å². The van der Waals surface area contributed by atoms with Crippen LogP contribution >= 0.6 is 12.2 Å². The Balaban J connectivity index is 2.35. The minimum atomic E-state index is -0.363. The average molecular weight is 307 g/mol. The molecule has 0 spiro atoms. The van der Waals surface area contributed by atoms with Gasteiger partial charge in [0.05, 0.1) is 18.1 Å². The fourth-order valence-electron chi connectivity index (χ4n) is 2.19. The van der Waals surface area contributed by atoms with Crippen LogP contribution in [0.5, 0.6) is 5.75 Å². The summed E-state index contributed by atoms with van der Waals surface area (Å²) in [6.07, 6.45) is 0. The largest absolute Gasteiger partial charge is 0.497 e. The van der Waals surface area contributed by atoms with Gasteiger partial charge in [0.15, 0.2) is 4.77 Å². The van der Waals surface area contributed by atoms with E-state index in [2.05, 4.69) is 24.1 Å². The lowest BCUT2D eigenvalue weighted by molar-refractivity contribution is -0.123. The van der Waals surface area contributed by atoms with Crippen LogP contribution in [0.2, 0.25) is 0 Å². The first-order valence-corrected chi connectivity index (χ1v) is 7.40. The molecule has 6 heteroatoms. The third-order valence-corrected chi connectivity index (χ3v) is 3.67. The molecule has 2 rings (SSSR count). The molecule has 0 aliphatic heterocycles. The topological polar surface area (TPSA) is 59.0 Å². The molecule has 0 bridgehead atoms. The van der Waals surface area contributed by atoms with Crippen molar-refractivity contribution in [3.8, 4) is 5.75 Å².